The van der Waals surface area contributed by atoms with E-state index in [4.69, 9.17) is 14.9 Å². The van der Waals surface area contributed by atoms with Crippen molar-refractivity contribution in [2.75, 3.05) is 12.4 Å². The minimum atomic E-state index is -0.887. The Balaban J connectivity index is 2.29. The van der Waals surface area contributed by atoms with Gasteiger partial charge >= 0.3 is 5.97 Å². The van der Waals surface area contributed by atoms with Crippen LogP contribution in [0, 0.1) is 6.92 Å². The molecule has 1 aromatic heterocycles. The fraction of sp³-hybridized carbons (Fsp3) is 0.615. The summed E-state index contributed by atoms with van der Waals surface area (Å²) < 4.78 is 10.2. The SMILES string of the molecule is CCOC(=O)C(C)(N)CCCSc1ccoc1C. The topological polar surface area (TPSA) is 65.5 Å². The van der Waals surface area contributed by atoms with Crippen LogP contribution < -0.4 is 5.73 Å². The van der Waals surface area contributed by atoms with Gasteiger partial charge in [-0.05, 0) is 45.4 Å². The molecule has 0 aliphatic carbocycles. The molecule has 0 spiro atoms. The zero-order valence-electron chi connectivity index (χ0n) is 11.2. The molecule has 2 N–H and O–H groups in total. The highest BCUT2D eigenvalue weighted by atomic mass is 32.2. The summed E-state index contributed by atoms with van der Waals surface area (Å²) in [5.41, 5.74) is 5.05. The third kappa shape index (κ3) is 4.38. The number of carbonyl (C=O) groups is 1. The fourth-order valence-electron chi connectivity index (χ4n) is 1.54. The second-order valence-electron chi connectivity index (χ2n) is 4.43. The molecule has 1 aromatic rings. The van der Waals surface area contributed by atoms with E-state index < -0.39 is 5.54 Å². The number of ether oxygens (including phenoxy) is 1. The Bertz CT molecular complexity index is 387. The van der Waals surface area contributed by atoms with Crippen LogP contribution in [0.4, 0.5) is 0 Å². The third-order valence-electron chi connectivity index (χ3n) is 2.65. The van der Waals surface area contributed by atoms with E-state index in [9.17, 15) is 4.79 Å². The molecule has 1 heterocycles. The summed E-state index contributed by atoms with van der Waals surface area (Å²) in [4.78, 5) is 12.7. The molecule has 0 amide bonds. The standard InChI is InChI=1S/C13H21NO3S/c1-4-16-12(15)13(3,14)7-5-9-18-11-6-8-17-10(11)2/h6,8H,4-5,7,9,14H2,1-3H3. The van der Waals surface area contributed by atoms with Crippen LogP contribution >= 0.6 is 11.8 Å². The van der Waals surface area contributed by atoms with Crippen LogP contribution in [0.15, 0.2) is 21.6 Å². The van der Waals surface area contributed by atoms with Crippen LogP contribution in [-0.4, -0.2) is 23.9 Å². The first-order chi connectivity index (χ1) is 8.47. The van der Waals surface area contributed by atoms with E-state index in [0.717, 1.165) is 22.8 Å². The number of nitrogens with two attached hydrogens (primary N) is 1. The molecule has 0 aromatic carbocycles. The Labute approximate surface area is 112 Å². The molecule has 1 unspecified atom stereocenters. The second kappa shape index (κ2) is 6.85. The van der Waals surface area contributed by atoms with Crippen molar-refractivity contribution in [1.82, 2.24) is 0 Å². The lowest BCUT2D eigenvalue weighted by Gasteiger charge is -2.21. The quantitative estimate of drug-likeness (QED) is 0.469. The number of hydrogen-bond donors (Lipinski definition) is 1. The van der Waals surface area contributed by atoms with Gasteiger partial charge in [-0.2, -0.15) is 0 Å². The molecular weight excluding hydrogens is 250 g/mol. The third-order valence-corrected chi connectivity index (χ3v) is 3.88. The number of furan rings is 1. The van der Waals surface area contributed by atoms with Gasteiger partial charge in [0.15, 0.2) is 0 Å². The van der Waals surface area contributed by atoms with Crippen molar-refractivity contribution in [1.29, 1.82) is 0 Å². The average molecular weight is 271 g/mol. The second-order valence-corrected chi connectivity index (χ2v) is 5.57. The smallest absolute Gasteiger partial charge is 0.325 e. The van der Waals surface area contributed by atoms with Crippen molar-refractivity contribution < 1.29 is 13.9 Å². The predicted octanol–water partition coefficient (Wildman–Crippen LogP) is 2.74. The maximum Gasteiger partial charge on any atom is 0.325 e. The van der Waals surface area contributed by atoms with Gasteiger partial charge < -0.3 is 14.9 Å². The lowest BCUT2D eigenvalue weighted by molar-refractivity contribution is -0.149. The van der Waals surface area contributed by atoms with Gasteiger partial charge in [-0.15, -0.1) is 11.8 Å². The molecule has 0 aliphatic rings. The Morgan fingerprint density at radius 1 is 1.61 bits per heavy atom. The molecule has 0 saturated carbocycles. The number of carbonyl (C=O) groups excluding carboxylic acids is 1. The van der Waals surface area contributed by atoms with Crippen LogP contribution in [0.2, 0.25) is 0 Å². The monoisotopic (exact) mass is 271 g/mol. The summed E-state index contributed by atoms with van der Waals surface area (Å²) in [7, 11) is 0. The van der Waals surface area contributed by atoms with Crippen LogP contribution in [0.1, 0.15) is 32.4 Å². The zero-order chi connectivity index (χ0) is 13.6. The van der Waals surface area contributed by atoms with E-state index in [1.165, 1.54) is 0 Å². The maximum absolute atomic E-state index is 11.6. The van der Waals surface area contributed by atoms with Gasteiger partial charge in [0.25, 0.3) is 0 Å². The highest BCUT2D eigenvalue weighted by molar-refractivity contribution is 7.99. The first kappa shape index (κ1) is 15.1. The molecule has 0 aliphatic heterocycles. The predicted molar refractivity (Wildman–Crippen MR) is 72.6 cm³/mol. The van der Waals surface area contributed by atoms with Crippen LogP contribution in [0.5, 0.6) is 0 Å². The van der Waals surface area contributed by atoms with Gasteiger partial charge in [0, 0.05) is 4.90 Å². The highest BCUT2D eigenvalue weighted by Crippen LogP contribution is 2.25. The normalized spacial score (nSPS) is 14.2. The molecule has 5 heteroatoms. The molecule has 1 rings (SSSR count). The Kier molecular flexibility index (Phi) is 5.75. The maximum atomic E-state index is 11.6. The average Bonchev–Trinajstić information content (AvgIpc) is 2.71. The van der Waals surface area contributed by atoms with Crippen LogP contribution in [0.25, 0.3) is 0 Å². The van der Waals surface area contributed by atoms with Crippen molar-refractivity contribution in [2.45, 2.75) is 44.0 Å². The molecular formula is C13H21NO3S. The number of aryl methyl sites for hydroxylation is 1. The summed E-state index contributed by atoms with van der Waals surface area (Å²) >= 11 is 1.72. The molecule has 0 fully saturated rings. The van der Waals surface area contributed by atoms with Crippen molar-refractivity contribution in [3.8, 4) is 0 Å². The van der Waals surface area contributed by atoms with E-state index in [-0.39, 0.29) is 5.97 Å². The van der Waals surface area contributed by atoms with E-state index in [0.29, 0.717) is 13.0 Å². The molecule has 4 nitrogen and oxygen atoms in total. The van der Waals surface area contributed by atoms with Crippen molar-refractivity contribution in [3.63, 3.8) is 0 Å². The summed E-state index contributed by atoms with van der Waals surface area (Å²) in [5, 5.41) is 0. The lowest BCUT2D eigenvalue weighted by Crippen LogP contribution is -2.46. The van der Waals surface area contributed by atoms with Crippen molar-refractivity contribution >= 4 is 17.7 Å². The molecule has 102 valence electrons. The first-order valence-electron chi connectivity index (χ1n) is 6.10. The van der Waals surface area contributed by atoms with Gasteiger partial charge in [0.05, 0.1) is 12.9 Å². The Hall–Kier alpha value is -0.940. The van der Waals surface area contributed by atoms with Crippen molar-refractivity contribution in [2.24, 2.45) is 5.73 Å². The largest absolute Gasteiger partial charge is 0.468 e. The minimum absolute atomic E-state index is 0.325. The van der Waals surface area contributed by atoms with Gasteiger partial charge in [-0.25, -0.2) is 0 Å². The minimum Gasteiger partial charge on any atom is -0.468 e. The zero-order valence-corrected chi connectivity index (χ0v) is 12.0. The molecule has 0 saturated heterocycles. The van der Waals surface area contributed by atoms with Gasteiger partial charge in [0.1, 0.15) is 11.3 Å². The summed E-state index contributed by atoms with van der Waals surface area (Å²) in [6.07, 6.45) is 3.17. The van der Waals surface area contributed by atoms with Crippen LogP contribution in [0.3, 0.4) is 0 Å². The van der Waals surface area contributed by atoms with Gasteiger partial charge in [-0.3, -0.25) is 4.79 Å². The Morgan fingerprint density at radius 3 is 2.89 bits per heavy atom. The number of thioether (sulfide) groups is 1. The molecule has 18 heavy (non-hydrogen) atoms. The molecule has 0 bridgehead atoms. The van der Waals surface area contributed by atoms with Gasteiger partial charge in [0.2, 0.25) is 0 Å². The summed E-state index contributed by atoms with van der Waals surface area (Å²) in [6, 6.07) is 1.95. The van der Waals surface area contributed by atoms with Crippen LogP contribution in [-0.2, 0) is 9.53 Å². The number of rotatable bonds is 7. The first-order valence-corrected chi connectivity index (χ1v) is 7.09. The number of esters is 1. The number of hydrogen-bond acceptors (Lipinski definition) is 5. The Morgan fingerprint density at radius 2 is 2.33 bits per heavy atom. The lowest BCUT2D eigenvalue weighted by atomic mass is 9.98. The summed E-state index contributed by atoms with van der Waals surface area (Å²) in [6.45, 7) is 5.81. The van der Waals surface area contributed by atoms with E-state index >= 15 is 0 Å². The van der Waals surface area contributed by atoms with Gasteiger partial charge in [-0.1, -0.05) is 0 Å². The highest BCUT2D eigenvalue weighted by Gasteiger charge is 2.29. The van der Waals surface area contributed by atoms with E-state index in [2.05, 4.69) is 0 Å². The van der Waals surface area contributed by atoms with E-state index in [1.807, 2.05) is 13.0 Å². The van der Waals surface area contributed by atoms with Crippen molar-refractivity contribution in [3.05, 3.63) is 18.1 Å². The fourth-order valence-corrected chi connectivity index (χ4v) is 2.45. The van der Waals surface area contributed by atoms with E-state index in [1.54, 1.807) is 31.9 Å². The molecule has 0 radical (unpaired) electrons. The molecule has 1 atom stereocenters. The summed E-state index contributed by atoms with van der Waals surface area (Å²) in [5.74, 6) is 1.52.